The molecule has 2 N–H and O–H groups in total. The lowest BCUT2D eigenvalue weighted by Gasteiger charge is -2.13. The molecule has 0 saturated heterocycles. The van der Waals surface area contributed by atoms with Gasteiger partial charge in [-0.3, -0.25) is 0 Å². The first-order chi connectivity index (χ1) is 8.92. The van der Waals surface area contributed by atoms with Crippen molar-refractivity contribution in [3.63, 3.8) is 0 Å². The summed E-state index contributed by atoms with van der Waals surface area (Å²) in [5, 5.41) is 0. The highest BCUT2D eigenvalue weighted by molar-refractivity contribution is 5.24. The van der Waals surface area contributed by atoms with Crippen LogP contribution >= 0.6 is 0 Å². The Morgan fingerprint density at radius 3 is 2.37 bits per heavy atom. The van der Waals surface area contributed by atoms with Crippen LogP contribution in [0.4, 0.5) is 13.2 Å². The molecule has 0 aliphatic heterocycles. The molecular formula is C14H20F3NO. The van der Waals surface area contributed by atoms with E-state index < -0.39 is 12.8 Å². The van der Waals surface area contributed by atoms with Crippen molar-refractivity contribution in [3.05, 3.63) is 35.4 Å². The Balaban J connectivity index is 2.25. The molecule has 1 rings (SSSR count). The summed E-state index contributed by atoms with van der Waals surface area (Å²) < 4.78 is 40.0. The minimum Gasteiger partial charge on any atom is -0.372 e. The molecule has 2 nitrogen and oxygen atoms in total. The fraction of sp³-hybridized carbons (Fsp3) is 0.571. The van der Waals surface area contributed by atoms with Crippen molar-refractivity contribution in [2.45, 2.75) is 38.4 Å². The molecule has 19 heavy (non-hydrogen) atoms. The monoisotopic (exact) mass is 275 g/mol. The van der Waals surface area contributed by atoms with Crippen molar-refractivity contribution in [3.8, 4) is 0 Å². The molecule has 1 unspecified atom stereocenters. The van der Waals surface area contributed by atoms with Crippen LogP contribution in [0.2, 0.25) is 0 Å². The van der Waals surface area contributed by atoms with Crippen LogP contribution in [0, 0.1) is 0 Å². The number of hydrogen-bond donors (Lipinski definition) is 1. The summed E-state index contributed by atoms with van der Waals surface area (Å²) in [6, 6.07) is 7.84. The summed E-state index contributed by atoms with van der Waals surface area (Å²) in [5.74, 6) is 0. The first kappa shape index (κ1) is 16.0. The average molecular weight is 275 g/mol. The number of nitrogens with two attached hydrogens (primary N) is 1. The Bertz CT molecular complexity index is 362. The Morgan fingerprint density at radius 2 is 1.84 bits per heavy atom. The third-order valence-corrected chi connectivity index (χ3v) is 2.89. The number of hydrogen-bond acceptors (Lipinski definition) is 2. The highest BCUT2D eigenvalue weighted by atomic mass is 19.4. The van der Waals surface area contributed by atoms with Crippen LogP contribution in [-0.4, -0.2) is 19.4 Å². The lowest BCUT2D eigenvalue weighted by Crippen LogP contribution is -2.18. The van der Waals surface area contributed by atoms with Crippen molar-refractivity contribution in [1.82, 2.24) is 0 Å². The molecule has 0 aliphatic carbocycles. The largest absolute Gasteiger partial charge is 0.411 e. The first-order valence-corrected chi connectivity index (χ1v) is 6.41. The summed E-state index contributed by atoms with van der Waals surface area (Å²) in [7, 11) is 0. The molecule has 1 aromatic rings. The van der Waals surface area contributed by atoms with Gasteiger partial charge < -0.3 is 10.5 Å². The standard InChI is InChI=1S/C14H20F3NO/c1-2-11-5-7-12(8-6-11)13(18)4-3-9-19-10-14(15,16)17/h5-8,13H,2-4,9-10,18H2,1H3. The SMILES string of the molecule is CCc1ccc(C(N)CCCOCC(F)(F)F)cc1. The van der Waals surface area contributed by atoms with Gasteiger partial charge in [0.25, 0.3) is 0 Å². The zero-order valence-electron chi connectivity index (χ0n) is 11.0. The quantitative estimate of drug-likeness (QED) is 0.771. The lowest BCUT2D eigenvalue weighted by molar-refractivity contribution is -0.174. The molecule has 0 heterocycles. The van der Waals surface area contributed by atoms with E-state index in [2.05, 4.69) is 11.7 Å². The van der Waals surface area contributed by atoms with Gasteiger partial charge in [0.15, 0.2) is 0 Å². The Morgan fingerprint density at radius 1 is 1.21 bits per heavy atom. The molecule has 0 bridgehead atoms. The molecule has 0 saturated carbocycles. The number of ether oxygens (including phenoxy) is 1. The minimum atomic E-state index is -4.25. The fourth-order valence-electron chi connectivity index (χ4n) is 1.76. The van der Waals surface area contributed by atoms with E-state index in [1.54, 1.807) is 0 Å². The molecule has 0 fully saturated rings. The van der Waals surface area contributed by atoms with Gasteiger partial charge in [-0.05, 0) is 30.4 Å². The maximum atomic E-state index is 11.8. The van der Waals surface area contributed by atoms with Crippen molar-refractivity contribution < 1.29 is 17.9 Å². The van der Waals surface area contributed by atoms with Gasteiger partial charge in [-0.25, -0.2) is 0 Å². The molecule has 1 aromatic carbocycles. The second-order valence-corrected chi connectivity index (χ2v) is 4.51. The molecule has 5 heteroatoms. The van der Waals surface area contributed by atoms with Crippen LogP contribution in [0.15, 0.2) is 24.3 Å². The van der Waals surface area contributed by atoms with Crippen LogP contribution in [0.1, 0.15) is 36.9 Å². The Kier molecular flexibility index (Phi) is 6.31. The Labute approximate surface area is 111 Å². The van der Waals surface area contributed by atoms with Crippen LogP contribution in [0.3, 0.4) is 0 Å². The van der Waals surface area contributed by atoms with E-state index in [9.17, 15) is 13.2 Å². The number of aryl methyl sites for hydroxylation is 1. The van der Waals surface area contributed by atoms with Gasteiger partial charge in [0, 0.05) is 12.6 Å². The average Bonchev–Trinajstić information content (AvgIpc) is 2.37. The zero-order valence-corrected chi connectivity index (χ0v) is 11.0. The molecule has 0 amide bonds. The van der Waals surface area contributed by atoms with E-state index in [0.29, 0.717) is 12.8 Å². The molecule has 0 aliphatic rings. The lowest BCUT2D eigenvalue weighted by atomic mass is 10.0. The maximum absolute atomic E-state index is 11.8. The number of benzene rings is 1. The van der Waals surface area contributed by atoms with Gasteiger partial charge in [-0.15, -0.1) is 0 Å². The predicted molar refractivity (Wildman–Crippen MR) is 68.9 cm³/mol. The number of alkyl halides is 3. The zero-order chi connectivity index (χ0) is 14.3. The summed E-state index contributed by atoms with van der Waals surface area (Å²) in [6.07, 6.45) is -2.14. The van der Waals surface area contributed by atoms with E-state index in [1.165, 1.54) is 5.56 Å². The van der Waals surface area contributed by atoms with E-state index in [4.69, 9.17) is 5.73 Å². The van der Waals surface area contributed by atoms with E-state index in [1.807, 2.05) is 24.3 Å². The van der Waals surface area contributed by atoms with Crippen LogP contribution in [0.25, 0.3) is 0 Å². The van der Waals surface area contributed by atoms with Gasteiger partial charge in [0.05, 0.1) is 0 Å². The van der Waals surface area contributed by atoms with E-state index in [0.717, 1.165) is 12.0 Å². The second kappa shape index (κ2) is 7.50. The predicted octanol–water partition coefficient (Wildman–Crippen LogP) is 3.61. The van der Waals surface area contributed by atoms with Gasteiger partial charge in [0.1, 0.15) is 6.61 Å². The molecular weight excluding hydrogens is 255 g/mol. The molecule has 0 spiro atoms. The van der Waals surface area contributed by atoms with Crippen LogP contribution in [0.5, 0.6) is 0 Å². The second-order valence-electron chi connectivity index (χ2n) is 4.51. The highest BCUT2D eigenvalue weighted by Gasteiger charge is 2.27. The van der Waals surface area contributed by atoms with E-state index in [-0.39, 0.29) is 12.6 Å². The summed E-state index contributed by atoms with van der Waals surface area (Å²) >= 11 is 0. The van der Waals surface area contributed by atoms with Crippen LogP contribution in [-0.2, 0) is 11.2 Å². The molecule has 108 valence electrons. The van der Waals surface area contributed by atoms with Crippen molar-refractivity contribution in [2.24, 2.45) is 5.73 Å². The summed E-state index contributed by atoms with van der Waals surface area (Å²) in [6.45, 7) is 0.973. The van der Waals surface area contributed by atoms with E-state index >= 15 is 0 Å². The summed E-state index contributed by atoms with van der Waals surface area (Å²) in [5.41, 5.74) is 8.22. The van der Waals surface area contributed by atoms with Gasteiger partial charge in [-0.2, -0.15) is 13.2 Å². The van der Waals surface area contributed by atoms with Gasteiger partial charge >= 0.3 is 6.18 Å². The Hall–Kier alpha value is -1.07. The van der Waals surface area contributed by atoms with Crippen LogP contribution < -0.4 is 5.73 Å². The smallest absolute Gasteiger partial charge is 0.372 e. The number of halogens is 3. The minimum absolute atomic E-state index is 0.0836. The summed E-state index contributed by atoms with van der Waals surface area (Å²) in [4.78, 5) is 0. The molecule has 1 atom stereocenters. The van der Waals surface area contributed by atoms with Crippen molar-refractivity contribution in [2.75, 3.05) is 13.2 Å². The third-order valence-electron chi connectivity index (χ3n) is 2.89. The van der Waals surface area contributed by atoms with Crippen molar-refractivity contribution >= 4 is 0 Å². The first-order valence-electron chi connectivity index (χ1n) is 6.41. The normalized spacial score (nSPS) is 13.5. The maximum Gasteiger partial charge on any atom is 0.411 e. The van der Waals surface area contributed by atoms with Crippen molar-refractivity contribution in [1.29, 1.82) is 0 Å². The number of rotatable bonds is 7. The third kappa shape index (κ3) is 6.59. The van der Waals surface area contributed by atoms with Gasteiger partial charge in [-0.1, -0.05) is 31.2 Å². The highest BCUT2D eigenvalue weighted by Crippen LogP contribution is 2.18. The molecule has 0 radical (unpaired) electrons. The van der Waals surface area contributed by atoms with Gasteiger partial charge in [0.2, 0.25) is 0 Å². The fourth-order valence-corrected chi connectivity index (χ4v) is 1.76. The topological polar surface area (TPSA) is 35.2 Å². The molecule has 0 aromatic heterocycles.